The standard InChI is InChI=1S/C25H29F2N3O5S/c1-25(2,3)36(32,33)29-21-13-8-16(14-28-21)23-22(24(31)35-34-15-26)19-6-4-5-7-20(19)30(23)18-11-9-17(27)10-12-18/h4-8,13-14,17-18H,9-12,15H2,1-3H3,(H,28,29). The quantitative estimate of drug-likeness (QED) is 0.316. The summed E-state index contributed by atoms with van der Waals surface area (Å²) in [6.45, 7) is 3.42. The van der Waals surface area contributed by atoms with Gasteiger partial charge in [0.25, 0.3) is 0 Å². The molecule has 0 aliphatic heterocycles. The molecule has 1 aliphatic carbocycles. The van der Waals surface area contributed by atoms with Gasteiger partial charge in [-0.15, -0.1) is 0 Å². The summed E-state index contributed by atoms with van der Waals surface area (Å²) in [5, 5.41) is 0.569. The van der Waals surface area contributed by atoms with Gasteiger partial charge >= 0.3 is 5.97 Å². The normalized spacial score (nSPS) is 18.8. The summed E-state index contributed by atoms with van der Waals surface area (Å²) in [5.41, 5.74) is 1.87. The van der Waals surface area contributed by atoms with Crippen LogP contribution < -0.4 is 4.72 Å². The smallest absolute Gasteiger partial charge is 0.337 e. The molecule has 1 fully saturated rings. The molecule has 8 nitrogen and oxygen atoms in total. The van der Waals surface area contributed by atoms with Gasteiger partial charge in [0.05, 0.1) is 16.0 Å². The van der Waals surface area contributed by atoms with E-state index in [0.717, 1.165) is 5.52 Å². The lowest BCUT2D eigenvalue weighted by Crippen LogP contribution is -2.33. The minimum Gasteiger partial charge on any atom is -0.337 e. The van der Waals surface area contributed by atoms with Crippen molar-refractivity contribution in [1.29, 1.82) is 0 Å². The second-order valence-corrected chi connectivity index (χ2v) is 12.2. The van der Waals surface area contributed by atoms with Crippen molar-refractivity contribution < 1.29 is 31.8 Å². The number of benzene rings is 1. The van der Waals surface area contributed by atoms with Crippen LogP contribution in [0.5, 0.6) is 0 Å². The minimum atomic E-state index is -3.69. The summed E-state index contributed by atoms with van der Waals surface area (Å²) < 4.78 is 55.0. The van der Waals surface area contributed by atoms with Crippen LogP contribution in [0.1, 0.15) is 62.9 Å². The van der Waals surface area contributed by atoms with Crippen molar-refractivity contribution in [2.75, 3.05) is 11.6 Å². The maximum absolute atomic E-state index is 13.9. The highest BCUT2D eigenvalue weighted by Crippen LogP contribution is 2.41. The topological polar surface area (TPSA) is 99.5 Å². The lowest BCUT2D eigenvalue weighted by Gasteiger charge is -2.28. The summed E-state index contributed by atoms with van der Waals surface area (Å²) in [7, 11) is -3.69. The molecule has 0 bridgehead atoms. The number of aromatic nitrogens is 2. The van der Waals surface area contributed by atoms with E-state index in [-0.39, 0.29) is 17.4 Å². The zero-order chi connectivity index (χ0) is 26.1. The average Bonchev–Trinajstić information content (AvgIpc) is 3.18. The predicted octanol–water partition coefficient (Wildman–Crippen LogP) is 5.71. The molecule has 0 spiro atoms. The number of rotatable bonds is 7. The minimum absolute atomic E-state index is 0.0976. The monoisotopic (exact) mass is 521 g/mol. The maximum Gasteiger partial charge on any atom is 0.376 e. The summed E-state index contributed by atoms with van der Waals surface area (Å²) in [6.07, 6.45) is 2.52. The van der Waals surface area contributed by atoms with Crippen molar-refractivity contribution in [3.63, 3.8) is 0 Å². The fourth-order valence-electron chi connectivity index (χ4n) is 4.43. The Morgan fingerprint density at radius 1 is 1.14 bits per heavy atom. The van der Waals surface area contributed by atoms with E-state index in [1.165, 1.54) is 12.3 Å². The van der Waals surface area contributed by atoms with Gasteiger partial charge in [-0.3, -0.25) is 9.61 Å². The van der Waals surface area contributed by atoms with Gasteiger partial charge < -0.3 is 4.57 Å². The van der Waals surface area contributed by atoms with Crippen LogP contribution in [0.25, 0.3) is 22.2 Å². The Labute approximate surface area is 208 Å². The van der Waals surface area contributed by atoms with E-state index in [4.69, 9.17) is 4.89 Å². The van der Waals surface area contributed by atoms with Crippen molar-refractivity contribution in [3.05, 3.63) is 48.2 Å². The van der Waals surface area contributed by atoms with Crippen molar-refractivity contribution in [3.8, 4) is 11.3 Å². The summed E-state index contributed by atoms with van der Waals surface area (Å²) in [4.78, 5) is 26.3. The van der Waals surface area contributed by atoms with E-state index >= 15 is 0 Å². The van der Waals surface area contributed by atoms with Crippen LogP contribution in [0, 0.1) is 0 Å². The van der Waals surface area contributed by atoms with Crippen LogP contribution in [0.15, 0.2) is 42.6 Å². The SMILES string of the molecule is CC(C)(C)S(=O)(=O)Nc1ccc(-c2c(C(=O)OOCF)c3ccccc3n2C2CCC(F)CC2)cn1. The van der Waals surface area contributed by atoms with E-state index in [2.05, 4.69) is 14.6 Å². The van der Waals surface area contributed by atoms with Crippen molar-refractivity contribution in [2.45, 2.75) is 63.4 Å². The van der Waals surface area contributed by atoms with Crippen molar-refractivity contribution in [1.82, 2.24) is 9.55 Å². The van der Waals surface area contributed by atoms with E-state index in [0.29, 0.717) is 42.3 Å². The largest absolute Gasteiger partial charge is 0.376 e. The van der Waals surface area contributed by atoms with Crippen LogP contribution in [0.2, 0.25) is 0 Å². The third kappa shape index (κ3) is 5.08. The van der Waals surface area contributed by atoms with Gasteiger partial charge in [-0.05, 0) is 64.7 Å². The van der Waals surface area contributed by atoms with E-state index in [1.54, 1.807) is 39.0 Å². The Balaban J connectivity index is 1.85. The lowest BCUT2D eigenvalue weighted by molar-refractivity contribution is -0.264. The number of carbonyl (C=O) groups is 1. The third-order valence-electron chi connectivity index (χ3n) is 6.37. The number of fused-ring (bicyclic) bond motifs is 1. The number of alkyl halides is 2. The van der Waals surface area contributed by atoms with Gasteiger partial charge in [0.15, 0.2) is 0 Å². The number of pyridine rings is 1. The van der Waals surface area contributed by atoms with Gasteiger partial charge in [-0.2, -0.15) is 4.89 Å². The molecule has 1 saturated carbocycles. The molecule has 3 aromatic rings. The number of hydrogen-bond donors (Lipinski definition) is 1. The summed E-state index contributed by atoms with van der Waals surface area (Å²) >= 11 is 0. The Morgan fingerprint density at radius 2 is 1.83 bits per heavy atom. The highest BCUT2D eigenvalue weighted by atomic mass is 32.2. The van der Waals surface area contributed by atoms with E-state index in [9.17, 15) is 22.0 Å². The molecule has 11 heteroatoms. The summed E-state index contributed by atoms with van der Waals surface area (Å²) in [5.74, 6) is -0.756. The number of halogens is 2. The first-order valence-electron chi connectivity index (χ1n) is 11.7. The molecule has 0 unspecified atom stereocenters. The second-order valence-electron chi connectivity index (χ2n) is 9.76. The molecular formula is C25H29F2N3O5S. The van der Waals surface area contributed by atoms with Gasteiger partial charge in [0.2, 0.25) is 16.9 Å². The number of nitrogens with one attached hydrogen (secondary N) is 1. The fourth-order valence-corrected chi connectivity index (χ4v) is 5.13. The molecule has 194 valence electrons. The van der Waals surface area contributed by atoms with Crippen molar-refractivity contribution >= 4 is 32.7 Å². The molecule has 1 aromatic carbocycles. The first-order valence-corrected chi connectivity index (χ1v) is 13.2. The van der Waals surface area contributed by atoms with Crippen LogP contribution in [0.3, 0.4) is 0 Å². The summed E-state index contributed by atoms with van der Waals surface area (Å²) in [6, 6.07) is 10.3. The molecule has 0 radical (unpaired) electrons. The highest BCUT2D eigenvalue weighted by molar-refractivity contribution is 7.94. The molecule has 2 heterocycles. The van der Waals surface area contributed by atoms with Crippen LogP contribution in [-0.4, -0.2) is 41.7 Å². The Hall–Kier alpha value is -3.05. The first kappa shape index (κ1) is 26.0. The molecule has 36 heavy (non-hydrogen) atoms. The molecular weight excluding hydrogens is 492 g/mol. The average molecular weight is 522 g/mol. The Kier molecular flexibility index (Phi) is 7.33. The van der Waals surface area contributed by atoms with Gasteiger partial charge in [0, 0.05) is 28.7 Å². The van der Waals surface area contributed by atoms with Gasteiger partial charge in [0.1, 0.15) is 12.0 Å². The zero-order valence-electron chi connectivity index (χ0n) is 20.3. The molecule has 2 aromatic heterocycles. The molecule has 0 saturated heterocycles. The molecule has 4 rings (SSSR count). The number of carbonyl (C=O) groups excluding carboxylic acids is 1. The fraction of sp³-hybridized carbons (Fsp3) is 0.440. The molecule has 1 aliphatic rings. The number of nitrogens with zero attached hydrogens (tertiary/aromatic N) is 2. The van der Waals surface area contributed by atoms with Crippen LogP contribution in [-0.2, 0) is 19.8 Å². The van der Waals surface area contributed by atoms with Crippen LogP contribution >= 0.6 is 0 Å². The number of para-hydroxylation sites is 1. The molecule has 0 atom stereocenters. The van der Waals surface area contributed by atoms with Crippen LogP contribution in [0.4, 0.5) is 14.6 Å². The van der Waals surface area contributed by atoms with E-state index < -0.39 is 33.8 Å². The lowest BCUT2D eigenvalue weighted by atomic mass is 9.93. The Bertz CT molecular complexity index is 1340. The van der Waals surface area contributed by atoms with Crippen molar-refractivity contribution in [2.24, 2.45) is 0 Å². The van der Waals surface area contributed by atoms with E-state index in [1.807, 2.05) is 16.7 Å². The number of hydrogen-bond acceptors (Lipinski definition) is 6. The molecule has 0 amide bonds. The number of anilines is 1. The highest BCUT2D eigenvalue weighted by Gasteiger charge is 2.32. The number of sulfonamides is 1. The predicted molar refractivity (Wildman–Crippen MR) is 132 cm³/mol. The zero-order valence-corrected chi connectivity index (χ0v) is 21.1. The first-order chi connectivity index (χ1) is 17.0. The maximum atomic E-state index is 13.9. The molecule has 1 N–H and O–H groups in total. The van der Waals surface area contributed by atoms with Gasteiger partial charge in [-0.25, -0.2) is 27.0 Å². The third-order valence-corrected chi connectivity index (χ3v) is 8.46. The van der Waals surface area contributed by atoms with Gasteiger partial charge in [-0.1, -0.05) is 18.2 Å². The Morgan fingerprint density at radius 3 is 2.44 bits per heavy atom. The second kappa shape index (κ2) is 10.1.